The maximum atomic E-state index is 5.41. The maximum Gasteiger partial charge on any atom is 0.235 e. The fourth-order valence-corrected chi connectivity index (χ4v) is 8.13. The first-order chi connectivity index (χ1) is 22.6. The standard InChI is InChI=1S/C43H29N3/c1-43(2)36-22-12-10-20-31(36)41-39(43)35-24-33-29-18-8-6-16-27(29)28-17-7-9-19-30(28)34(33)25-38(35)46(41)42-44-37-23-13-11-21-32(37)40(45-42)26-14-4-3-5-15-26/h3-25H,1-2H3. The number of benzene rings is 7. The quantitative estimate of drug-likeness (QED) is 0.188. The minimum absolute atomic E-state index is 0.200. The molecule has 216 valence electrons. The summed E-state index contributed by atoms with van der Waals surface area (Å²) in [6.07, 6.45) is 0. The van der Waals surface area contributed by atoms with E-state index in [4.69, 9.17) is 9.97 Å². The molecule has 0 amide bonds. The molecular weight excluding hydrogens is 558 g/mol. The molecule has 0 spiro atoms. The fourth-order valence-electron chi connectivity index (χ4n) is 8.13. The van der Waals surface area contributed by atoms with Crippen molar-refractivity contribution in [1.29, 1.82) is 0 Å². The lowest BCUT2D eigenvalue weighted by atomic mass is 9.81. The lowest BCUT2D eigenvalue weighted by molar-refractivity contribution is 0.666. The Hall–Kier alpha value is -5.80. The van der Waals surface area contributed by atoms with Crippen molar-refractivity contribution in [3.8, 4) is 28.5 Å². The van der Waals surface area contributed by atoms with Crippen molar-refractivity contribution in [3.05, 3.63) is 151 Å². The van der Waals surface area contributed by atoms with Gasteiger partial charge in [0.1, 0.15) is 0 Å². The zero-order valence-corrected chi connectivity index (χ0v) is 25.6. The summed E-state index contributed by atoms with van der Waals surface area (Å²) in [5.41, 5.74) is 9.00. The molecular formula is C43H29N3. The summed E-state index contributed by atoms with van der Waals surface area (Å²) in [7, 11) is 0. The molecule has 1 aliphatic rings. The molecule has 2 heterocycles. The van der Waals surface area contributed by atoms with Gasteiger partial charge in [0.15, 0.2) is 0 Å². The highest BCUT2D eigenvalue weighted by atomic mass is 15.2. The van der Waals surface area contributed by atoms with Gasteiger partial charge in [-0.3, -0.25) is 4.57 Å². The topological polar surface area (TPSA) is 30.7 Å². The maximum absolute atomic E-state index is 5.41. The number of aromatic nitrogens is 3. The Morgan fingerprint density at radius 1 is 0.500 bits per heavy atom. The zero-order chi connectivity index (χ0) is 30.6. The van der Waals surface area contributed by atoms with Gasteiger partial charge in [-0.2, -0.15) is 0 Å². The molecule has 0 radical (unpaired) electrons. The monoisotopic (exact) mass is 587 g/mol. The summed E-state index contributed by atoms with van der Waals surface area (Å²) in [6.45, 7) is 4.72. The number of fused-ring (bicyclic) bond motifs is 12. The second-order valence-corrected chi connectivity index (χ2v) is 13.0. The predicted octanol–water partition coefficient (Wildman–Crippen LogP) is 11.0. The Morgan fingerprint density at radius 2 is 1.07 bits per heavy atom. The summed E-state index contributed by atoms with van der Waals surface area (Å²) in [5, 5.41) is 9.92. The zero-order valence-electron chi connectivity index (χ0n) is 25.6. The van der Waals surface area contributed by atoms with E-state index in [9.17, 15) is 0 Å². The highest BCUT2D eigenvalue weighted by molar-refractivity contribution is 6.27. The van der Waals surface area contributed by atoms with Gasteiger partial charge in [0.25, 0.3) is 0 Å². The van der Waals surface area contributed by atoms with Crippen LogP contribution in [0, 0.1) is 0 Å². The molecule has 0 saturated heterocycles. The molecule has 9 aromatic rings. The van der Waals surface area contributed by atoms with Crippen LogP contribution in [0.2, 0.25) is 0 Å². The smallest absolute Gasteiger partial charge is 0.235 e. The van der Waals surface area contributed by atoms with Crippen molar-refractivity contribution < 1.29 is 0 Å². The minimum atomic E-state index is -0.200. The van der Waals surface area contributed by atoms with Crippen molar-refractivity contribution in [1.82, 2.24) is 14.5 Å². The van der Waals surface area contributed by atoms with E-state index >= 15 is 0 Å². The molecule has 0 aliphatic heterocycles. The summed E-state index contributed by atoms with van der Waals surface area (Å²) in [6, 6.07) is 50.2. The van der Waals surface area contributed by atoms with Gasteiger partial charge in [-0.1, -0.05) is 135 Å². The number of rotatable bonds is 2. The molecule has 1 aliphatic carbocycles. The minimum Gasteiger partial charge on any atom is -0.278 e. The van der Waals surface area contributed by atoms with Gasteiger partial charge in [0.2, 0.25) is 5.95 Å². The van der Waals surface area contributed by atoms with E-state index in [1.165, 1.54) is 60.1 Å². The van der Waals surface area contributed by atoms with Crippen LogP contribution >= 0.6 is 0 Å². The van der Waals surface area contributed by atoms with Gasteiger partial charge >= 0.3 is 0 Å². The van der Waals surface area contributed by atoms with Gasteiger partial charge in [-0.15, -0.1) is 0 Å². The molecule has 0 saturated carbocycles. The molecule has 0 fully saturated rings. The SMILES string of the molecule is CC1(C)c2ccccc2-c2c1c1cc3c4ccccc4c4ccccc4c3cc1n2-c1nc(-c2ccccc2)c2ccccc2n1. The van der Waals surface area contributed by atoms with Crippen LogP contribution in [0.15, 0.2) is 140 Å². The Kier molecular flexibility index (Phi) is 5.06. The van der Waals surface area contributed by atoms with Gasteiger partial charge < -0.3 is 0 Å². The normalized spacial score (nSPS) is 13.6. The molecule has 46 heavy (non-hydrogen) atoms. The van der Waals surface area contributed by atoms with Crippen LogP contribution in [0.1, 0.15) is 25.0 Å². The molecule has 7 aromatic carbocycles. The molecule has 2 aromatic heterocycles. The van der Waals surface area contributed by atoms with Crippen LogP contribution in [-0.2, 0) is 5.41 Å². The third-order valence-electron chi connectivity index (χ3n) is 10.2. The van der Waals surface area contributed by atoms with Crippen LogP contribution in [0.25, 0.3) is 82.6 Å². The molecule has 3 nitrogen and oxygen atoms in total. The van der Waals surface area contributed by atoms with Gasteiger partial charge in [0, 0.05) is 27.3 Å². The van der Waals surface area contributed by atoms with E-state index in [-0.39, 0.29) is 5.41 Å². The van der Waals surface area contributed by atoms with Crippen LogP contribution in [0.5, 0.6) is 0 Å². The number of nitrogens with zero attached hydrogens (tertiary/aromatic N) is 3. The van der Waals surface area contributed by atoms with E-state index in [0.29, 0.717) is 5.95 Å². The average molecular weight is 588 g/mol. The van der Waals surface area contributed by atoms with E-state index in [2.05, 4.69) is 158 Å². The Bertz CT molecular complexity index is 2720. The van der Waals surface area contributed by atoms with Crippen molar-refractivity contribution >= 4 is 54.1 Å². The van der Waals surface area contributed by atoms with E-state index in [0.717, 1.165) is 27.7 Å². The summed E-state index contributed by atoms with van der Waals surface area (Å²) >= 11 is 0. The number of hydrogen-bond acceptors (Lipinski definition) is 2. The molecule has 3 heteroatoms. The lowest BCUT2D eigenvalue weighted by Gasteiger charge is -2.21. The average Bonchev–Trinajstić information content (AvgIpc) is 3.57. The largest absolute Gasteiger partial charge is 0.278 e. The molecule has 0 unspecified atom stereocenters. The Balaban J connectivity index is 1.42. The fraction of sp³-hybridized carbons (Fsp3) is 0.0698. The second kappa shape index (κ2) is 9.12. The molecule has 0 atom stereocenters. The van der Waals surface area contributed by atoms with Crippen molar-refractivity contribution in [3.63, 3.8) is 0 Å². The highest BCUT2D eigenvalue weighted by Gasteiger charge is 2.41. The third kappa shape index (κ3) is 3.32. The van der Waals surface area contributed by atoms with Crippen LogP contribution in [0.3, 0.4) is 0 Å². The van der Waals surface area contributed by atoms with Gasteiger partial charge in [-0.05, 0) is 61.6 Å². The first-order valence-electron chi connectivity index (χ1n) is 15.9. The number of hydrogen-bond donors (Lipinski definition) is 0. The van der Waals surface area contributed by atoms with E-state index in [1.54, 1.807) is 0 Å². The molecule has 0 N–H and O–H groups in total. The van der Waals surface area contributed by atoms with Crippen LogP contribution < -0.4 is 0 Å². The van der Waals surface area contributed by atoms with Crippen molar-refractivity contribution in [2.45, 2.75) is 19.3 Å². The highest BCUT2D eigenvalue weighted by Crippen LogP contribution is 2.54. The van der Waals surface area contributed by atoms with Gasteiger partial charge in [0.05, 0.1) is 22.4 Å². The first kappa shape index (κ1) is 25.5. The molecule has 0 bridgehead atoms. The predicted molar refractivity (Wildman–Crippen MR) is 192 cm³/mol. The molecule has 10 rings (SSSR count). The van der Waals surface area contributed by atoms with Crippen LogP contribution in [-0.4, -0.2) is 14.5 Å². The van der Waals surface area contributed by atoms with Crippen LogP contribution in [0.4, 0.5) is 0 Å². The van der Waals surface area contributed by atoms with Crippen molar-refractivity contribution in [2.24, 2.45) is 0 Å². The first-order valence-corrected chi connectivity index (χ1v) is 15.9. The second-order valence-electron chi connectivity index (χ2n) is 13.0. The van der Waals surface area contributed by atoms with E-state index < -0.39 is 0 Å². The summed E-state index contributed by atoms with van der Waals surface area (Å²) in [5.74, 6) is 0.695. The lowest BCUT2D eigenvalue weighted by Crippen LogP contribution is -2.14. The van der Waals surface area contributed by atoms with E-state index in [1.807, 2.05) is 0 Å². The Morgan fingerprint density at radius 3 is 1.78 bits per heavy atom. The van der Waals surface area contributed by atoms with Crippen molar-refractivity contribution in [2.75, 3.05) is 0 Å². The third-order valence-corrected chi connectivity index (χ3v) is 10.2. The number of para-hydroxylation sites is 1. The van der Waals surface area contributed by atoms with Gasteiger partial charge in [-0.25, -0.2) is 9.97 Å². The Labute approximate surface area is 266 Å². The summed E-state index contributed by atoms with van der Waals surface area (Å²) < 4.78 is 2.35. The summed E-state index contributed by atoms with van der Waals surface area (Å²) in [4.78, 5) is 10.7.